The number of ether oxygens (including phenoxy) is 1. The molecule has 2 N–H and O–H groups in total. The molecule has 7 nitrogen and oxygen atoms in total. The lowest BCUT2D eigenvalue weighted by atomic mass is 10.0. The first-order valence-corrected chi connectivity index (χ1v) is 11.4. The highest BCUT2D eigenvalue weighted by Gasteiger charge is 2.14. The van der Waals surface area contributed by atoms with Gasteiger partial charge < -0.3 is 20.3 Å². The molecule has 3 aromatic carbocycles. The fraction of sp³-hybridized carbons (Fsp3) is 0.222. The standard InChI is InChI=1S/C27H27N5O2/c1-18-16-23(10-11-25(18)32-12-14-34-15-13-32)30-27-28-17-21-4-3-5-24(26(21)31-27)20-6-8-22(9-7-20)29-19(2)33/h3-11,16-17H,12-15H2,1-2H3,(H,29,33)(H,28,30,31). The Balaban J connectivity index is 1.42. The molecule has 1 saturated heterocycles. The third kappa shape index (κ3) is 4.70. The summed E-state index contributed by atoms with van der Waals surface area (Å²) < 4.78 is 5.47. The number of carbonyl (C=O) groups is 1. The molecule has 172 valence electrons. The second-order valence-electron chi connectivity index (χ2n) is 8.42. The number of morpholine rings is 1. The summed E-state index contributed by atoms with van der Waals surface area (Å²) in [4.78, 5) is 23.0. The van der Waals surface area contributed by atoms with Crippen molar-refractivity contribution < 1.29 is 9.53 Å². The predicted octanol–water partition coefficient (Wildman–Crippen LogP) is 5.14. The number of hydrogen-bond donors (Lipinski definition) is 2. The van der Waals surface area contributed by atoms with Gasteiger partial charge in [0.15, 0.2) is 0 Å². The summed E-state index contributed by atoms with van der Waals surface area (Å²) >= 11 is 0. The van der Waals surface area contributed by atoms with Gasteiger partial charge >= 0.3 is 0 Å². The molecule has 1 aromatic heterocycles. The minimum absolute atomic E-state index is 0.0883. The normalized spacial score (nSPS) is 13.6. The largest absolute Gasteiger partial charge is 0.378 e. The fourth-order valence-corrected chi connectivity index (χ4v) is 4.31. The first-order chi connectivity index (χ1) is 16.6. The van der Waals surface area contributed by atoms with Gasteiger partial charge in [0.2, 0.25) is 11.9 Å². The van der Waals surface area contributed by atoms with Crippen LogP contribution in [-0.2, 0) is 9.53 Å². The van der Waals surface area contributed by atoms with Crippen LogP contribution in [0.5, 0.6) is 0 Å². The van der Waals surface area contributed by atoms with Crippen molar-refractivity contribution in [2.45, 2.75) is 13.8 Å². The van der Waals surface area contributed by atoms with Crippen LogP contribution in [0.2, 0.25) is 0 Å². The van der Waals surface area contributed by atoms with Gasteiger partial charge in [-0.15, -0.1) is 0 Å². The molecule has 1 aliphatic rings. The molecule has 7 heteroatoms. The molecule has 0 aliphatic carbocycles. The van der Waals surface area contributed by atoms with Gasteiger partial charge in [0.25, 0.3) is 0 Å². The van der Waals surface area contributed by atoms with E-state index in [0.717, 1.165) is 59.7 Å². The maximum Gasteiger partial charge on any atom is 0.227 e. The van der Waals surface area contributed by atoms with Crippen LogP contribution in [0.1, 0.15) is 12.5 Å². The maximum atomic E-state index is 11.3. The van der Waals surface area contributed by atoms with Crippen LogP contribution < -0.4 is 15.5 Å². The molecule has 0 saturated carbocycles. The summed E-state index contributed by atoms with van der Waals surface area (Å²) in [5, 5.41) is 7.13. The molecule has 34 heavy (non-hydrogen) atoms. The van der Waals surface area contributed by atoms with Crippen molar-refractivity contribution in [2.75, 3.05) is 41.8 Å². The van der Waals surface area contributed by atoms with E-state index in [1.807, 2.05) is 48.7 Å². The number of aromatic nitrogens is 2. The van der Waals surface area contributed by atoms with E-state index < -0.39 is 0 Å². The topological polar surface area (TPSA) is 79.4 Å². The van der Waals surface area contributed by atoms with Crippen molar-refractivity contribution in [3.8, 4) is 11.1 Å². The van der Waals surface area contributed by atoms with Crippen molar-refractivity contribution in [3.63, 3.8) is 0 Å². The number of fused-ring (bicyclic) bond motifs is 1. The lowest BCUT2D eigenvalue weighted by molar-refractivity contribution is -0.114. The summed E-state index contributed by atoms with van der Waals surface area (Å²) in [6.45, 7) is 6.99. The molecule has 1 fully saturated rings. The number of para-hydroxylation sites is 1. The van der Waals surface area contributed by atoms with Crippen LogP contribution in [0.25, 0.3) is 22.0 Å². The van der Waals surface area contributed by atoms with E-state index in [4.69, 9.17) is 9.72 Å². The van der Waals surface area contributed by atoms with Gasteiger partial charge in [0.05, 0.1) is 18.7 Å². The summed E-state index contributed by atoms with van der Waals surface area (Å²) in [6, 6.07) is 20.2. The van der Waals surface area contributed by atoms with Crippen LogP contribution in [0.4, 0.5) is 23.0 Å². The third-order valence-electron chi connectivity index (χ3n) is 5.93. The van der Waals surface area contributed by atoms with E-state index in [0.29, 0.717) is 5.95 Å². The Morgan fingerprint density at radius 3 is 2.50 bits per heavy atom. The molecular weight excluding hydrogens is 426 g/mol. The number of aryl methyl sites for hydroxylation is 1. The van der Waals surface area contributed by atoms with Crippen molar-refractivity contribution in [2.24, 2.45) is 0 Å². The Morgan fingerprint density at radius 1 is 1.00 bits per heavy atom. The molecule has 2 heterocycles. The molecule has 0 spiro atoms. The minimum Gasteiger partial charge on any atom is -0.378 e. The van der Waals surface area contributed by atoms with Crippen LogP contribution in [0.3, 0.4) is 0 Å². The maximum absolute atomic E-state index is 11.3. The molecule has 4 aromatic rings. The summed E-state index contributed by atoms with van der Waals surface area (Å²) in [5.74, 6) is 0.461. The van der Waals surface area contributed by atoms with Crippen LogP contribution in [-0.4, -0.2) is 42.2 Å². The molecule has 0 unspecified atom stereocenters. The minimum atomic E-state index is -0.0883. The van der Waals surface area contributed by atoms with Crippen LogP contribution >= 0.6 is 0 Å². The van der Waals surface area contributed by atoms with Gasteiger partial charge in [-0.2, -0.15) is 0 Å². The van der Waals surface area contributed by atoms with Gasteiger partial charge in [0, 0.05) is 54.2 Å². The summed E-state index contributed by atoms with van der Waals surface area (Å²) in [7, 11) is 0. The lowest BCUT2D eigenvalue weighted by Gasteiger charge is -2.30. The quantitative estimate of drug-likeness (QED) is 0.435. The highest BCUT2D eigenvalue weighted by molar-refractivity contribution is 5.94. The molecule has 1 aliphatic heterocycles. The number of nitrogens with one attached hydrogen (secondary N) is 2. The second-order valence-corrected chi connectivity index (χ2v) is 8.42. The van der Waals surface area contributed by atoms with Crippen molar-refractivity contribution in [1.29, 1.82) is 0 Å². The average molecular weight is 454 g/mol. The number of benzene rings is 3. The molecule has 1 amide bonds. The number of anilines is 4. The SMILES string of the molecule is CC(=O)Nc1ccc(-c2cccc3cnc(Nc4ccc(N5CCOCC5)c(C)c4)nc23)cc1. The summed E-state index contributed by atoms with van der Waals surface area (Å²) in [5.41, 5.74) is 7.06. The molecule has 0 atom stereocenters. The van der Waals surface area contributed by atoms with Gasteiger partial charge in [-0.25, -0.2) is 9.97 Å². The highest BCUT2D eigenvalue weighted by Crippen LogP contribution is 2.30. The number of hydrogen-bond acceptors (Lipinski definition) is 6. The first-order valence-electron chi connectivity index (χ1n) is 11.4. The number of amides is 1. The fourth-order valence-electron chi connectivity index (χ4n) is 4.31. The van der Waals surface area contributed by atoms with Gasteiger partial charge in [0.1, 0.15) is 0 Å². The van der Waals surface area contributed by atoms with E-state index in [1.165, 1.54) is 18.2 Å². The molecular formula is C27H27N5O2. The number of carbonyl (C=O) groups excluding carboxylic acids is 1. The zero-order valence-corrected chi connectivity index (χ0v) is 19.3. The monoisotopic (exact) mass is 453 g/mol. The van der Waals surface area contributed by atoms with Gasteiger partial charge in [-0.3, -0.25) is 4.79 Å². The van der Waals surface area contributed by atoms with E-state index in [9.17, 15) is 4.79 Å². The Labute approximate surface area is 198 Å². The Kier molecular flexibility index (Phi) is 6.10. The van der Waals surface area contributed by atoms with Gasteiger partial charge in [-0.1, -0.05) is 30.3 Å². The Hall–Kier alpha value is -3.97. The van der Waals surface area contributed by atoms with Crippen LogP contribution in [0.15, 0.2) is 66.9 Å². The van der Waals surface area contributed by atoms with E-state index in [1.54, 1.807) is 0 Å². The van der Waals surface area contributed by atoms with E-state index >= 15 is 0 Å². The zero-order chi connectivity index (χ0) is 23.5. The highest BCUT2D eigenvalue weighted by atomic mass is 16.5. The summed E-state index contributed by atoms with van der Waals surface area (Å²) in [6.07, 6.45) is 1.84. The Bertz CT molecular complexity index is 1330. The molecule has 0 radical (unpaired) electrons. The van der Waals surface area contributed by atoms with Gasteiger partial charge in [-0.05, 0) is 48.4 Å². The predicted molar refractivity (Wildman–Crippen MR) is 137 cm³/mol. The number of rotatable bonds is 5. The third-order valence-corrected chi connectivity index (χ3v) is 5.93. The lowest BCUT2D eigenvalue weighted by Crippen LogP contribution is -2.36. The van der Waals surface area contributed by atoms with E-state index in [2.05, 4.69) is 45.6 Å². The molecule has 5 rings (SSSR count). The second kappa shape index (κ2) is 9.49. The van der Waals surface area contributed by atoms with Crippen molar-refractivity contribution in [1.82, 2.24) is 9.97 Å². The smallest absolute Gasteiger partial charge is 0.227 e. The Morgan fingerprint density at radius 2 is 1.76 bits per heavy atom. The van der Waals surface area contributed by atoms with Crippen molar-refractivity contribution >= 4 is 39.8 Å². The number of nitrogens with zero attached hydrogens (tertiary/aromatic N) is 3. The first kappa shape index (κ1) is 21.9. The van der Waals surface area contributed by atoms with E-state index in [-0.39, 0.29) is 5.91 Å². The van der Waals surface area contributed by atoms with Crippen LogP contribution in [0, 0.1) is 6.92 Å². The molecule has 0 bridgehead atoms. The van der Waals surface area contributed by atoms with Crippen molar-refractivity contribution in [3.05, 3.63) is 72.4 Å². The average Bonchev–Trinajstić information content (AvgIpc) is 2.84. The zero-order valence-electron chi connectivity index (χ0n) is 19.3.